The van der Waals surface area contributed by atoms with Crippen molar-refractivity contribution in [1.29, 1.82) is 0 Å². The standard InChI is InChI=1S/2C2H4O2.In/c2*1-2(3)4;/h2*1H3,(H,3,4);. The molecule has 0 aliphatic heterocycles. The van der Waals surface area contributed by atoms with Crippen molar-refractivity contribution in [3.63, 3.8) is 0 Å². The van der Waals surface area contributed by atoms with Crippen LogP contribution in [0.2, 0.25) is 0 Å². The number of hydrogen-bond donors (Lipinski definition) is 2. The van der Waals surface area contributed by atoms with Gasteiger partial charge in [0.2, 0.25) is 0 Å². The van der Waals surface area contributed by atoms with E-state index in [-0.39, 0.29) is 25.8 Å². The summed E-state index contributed by atoms with van der Waals surface area (Å²) in [6.45, 7) is 2.17. The topological polar surface area (TPSA) is 74.6 Å². The summed E-state index contributed by atoms with van der Waals surface area (Å²) in [5.74, 6) is -1.67. The van der Waals surface area contributed by atoms with E-state index in [0.29, 0.717) is 0 Å². The maximum Gasteiger partial charge on any atom is 0.300 e. The molecule has 2 N–H and O–H groups in total. The van der Waals surface area contributed by atoms with Crippen molar-refractivity contribution in [2.45, 2.75) is 13.8 Å². The molecule has 0 saturated carbocycles. The van der Waals surface area contributed by atoms with Gasteiger partial charge in [0.05, 0.1) is 0 Å². The molecule has 0 unspecified atom stereocenters. The number of carbonyl (C=O) groups is 2. The van der Waals surface area contributed by atoms with Gasteiger partial charge in [-0.2, -0.15) is 0 Å². The molecule has 0 aliphatic carbocycles. The van der Waals surface area contributed by atoms with Crippen LogP contribution in [0, 0.1) is 0 Å². The zero-order valence-electron chi connectivity index (χ0n) is 5.29. The number of rotatable bonds is 0. The van der Waals surface area contributed by atoms with Gasteiger partial charge in [-0.25, -0.2) is 0 Å². The summed E-state index contributed by atoms with van der Waals surface area (Å²) < 4.78 is 0. The molecule has 0 rings (SSSR count). The largest absolute Gasteiger partial charge is 0.481 e. The Hall–Kier alpha value is -0.190. The summed E-state index contributed by atoms with van der Waals surface area (Å²) in [6.07, 6.45) is 0. The van der Waals surface area contributed by atoms with Gasteiger partial charge in [-0.3, -0.25) is 9.59 Å². The summed E-state index contributed by atoms with van der Waals surface area (Å²) in [6, 6.07) is 0. The summed E-state index contributed by atoms with van der Waals surface area (Å²) in [4.78, 5) is 18.0. The Bertz CT molecular complexity index is 70.6. The van der Waals surface area contributed by atoms with Gasteiger partial charge in [0.25, 0.3) is 11.9 Å². The Morgan fingerprint density at radius 1 is 1.00 bits per heavy atom. The van der Waals surface area contributed by atoms with E-state index in [1.807, 2.05) is 0 Å². The van der Waals surface area contributed by atoms with Crippen molar-refractivity contribution >= 4 is 37.8 Å². The molecule has 51 valence electrons. The Morgan fingerprint density at radius 3 is 1.00 bits per heavy atom. The molecule has 0 spiro atoms. The Kier molecular flexibility index (Phi) is 19.0. The van der Waals surface area contributed by atoms with Gasteiger partial charge >= 0.3 is 0 Å². The predicted molar refractivity (Wildman–Crippen MR) is 32.4 cm³/mol. The van der Waals surface area contributed by atoms with Crippen LogP contribution in [0.3, 0.4) is 0 Å². The predicted octanol–water partition coefficient (Wildman–Crippen LogP) is -0.199. The van der Waals surface area contributed by atoms with Crippen LogP contribution in [0.15, 0.2) is 0 Å². The molecule has 9 heavy (non-hydrogen) atoms. The maximum absolute atomic E-state index is 9.00. The fourth-order valence-corrected chi connectivity index (χ4v) is 0. The van der Waals surface area contributed by atoms with Gasteiger partial charge in [0.1, 0.15) is 0 Å². The maximum atomic E-state index is 9.00. The van der Waals surface area contributed by atoms with Gasteiger partial charge in [-0.1, -0.05) is 0 Å². The van der Waals surface area contributed by atoms with Crippen LogP contribution in [0.5, 0.6) is 0 Å². The van der Waals surface area contributed by atoms with Crippen LogP contribution in [-0.4, -0.2) is 48.0 Å². The second-order valence-corrected chi connectivity index (χ2v) is 1.04. The third-order valence-corrected chi connectivity index (χ3v) is 0. The van der Waals surface area contributed by atoms with E-state index in [0.717, 1.165) is 13.8 Å². The first-order valence-electron chi connectivity index (χ1n) is 1.86. The average Bonchev–Trinajstić information content (AvgIpc) is 1.25. The smallest absolute Gasteiger partial charge is 0.300 e. The van der Waals surface area contributed by atoms with Crippen LogP contribution >= 0.6 is 0 Å². The summed E-state index contributed by atoms with van der Waals surface area (Å²) in [7, 11) is 0. The minimum Gasteiger partial charge on any atom is -0.481 e. The Balaban J connectivity index is -0.0000000720. The van der Waals surface area contributed by atoms with Gasteiger partial charge in [0.15, 0.2) is 0 Å². The molecule has 0 heterocycles. The molecule has 0 aromatic heterocycles. The zero-order chi connectivity index (χ0) is 7.15. The number of carboxylic acid groups (broad SMARTS) is 2. The molecule has 0 aromatic carbocycles. The monoisotopic (exact) mass is 235 g/mol. The molecule has 0 aliphatic rings. The summed E-state index contributed by atoms with van der Waals surface area (Å²) in [5, 5.41) is 14.8. The van der Waals surface area contributed by atoms with Crippen molar-refractivity contribution in [2.24, 2.45) is 0 Å². The molecule has 0 fully saturated rings. The fraction of sp³-hybridized carbons (Fsp3) is 0.500. The molecule has 0 aromatic rings. The molecule has 4 nitrogen and oxygen atoms in total. The molecular weight excluding hydrogens is 227 g/mol. The van der Waals surface area contributed by atoms with E-state index in [1.165, 1.54) is 0 Å². The number of carboxylic acids is 2. The van der Waals surface area contributed by atoms with Crippen molar-refractivity contribution < 1.29 is 19.8 Å². The van der Waals surface area contributed by atoms with Gasteiger partial charge < -0.3 is 10.2 Å². The van der Waals surface area contributed by atoms with Crippen LogP contribution in [0.1, 0.15) is 13.8 Å². The minimum atomic E-state index is -0.833. The van der Waals surface area contributed by atoms with Crippen LogP contribution in [0.4, 0.5) is 0 Å². The second-order valence-electron chi connectivity index (χ2n) is 1.04. The van der Waals surface area contributed by atoms with Crippen LogP contribution < -0.4 is 0 Å². The quantitative estimate of drug-likeness (QED) is 0.609. The summed E-state index contributed by atoms with van der Waals surface area (Å²) in [5.41, 5.74) is 0. The third kappa shape index (κ3) is 7310. The first kappa shape index (κ1) is 15.9. The van der Waals surface area contributed by atoms with E-state index < -0.39 is 11.9 Å². The normalized spacial score (nSPS) is 5.56. The average molecular weight is 235 g/mol. The number of hydrogen-bond acceptors (Lipinski definition) is 2. The van der Waals surface area contributed by atoms with E-state index in [4.69, 9.17) is 19.8 Å². The van der Waals surface area contributed by atoms with Crippen molar-refractivity contribution in [1.82, 2.24) is 0 Å². The fourth-order valence-electron chi connectivity index (χ4n) is 0. The second kappa shape index (κ2) is 10.7. The minimum absolute atomic E-state index is 0. The Labute approximate surface area is 71.7 Å². The van der Waals surface area contributed by atoms with Crippen LogP contribution in [-0.2, 0) is 9.59 Å². The Morgan fingerprint density at radius 2 is 1.00 bits per heavy atom. The number of aliphatic carboxylic acids is 2. The van der Waals surface area contributed by atoms with Gasteiger partial charge in [-0.05, 0) is 0 Å². The van der Waals surface area contributed by atoms with Crippen molar-refractivity contribution in [3.05, 3.63) is 0 Å². The third-order valence-electron chi connectivity index (χ3n) is 0. The first-order chi connectivity index (χ1) is 3.46. The first-order valence-corrected chi connectivity index (χ1v) is 1.86. The van der Waals surface area contributed by atoms with Crippen molar-refractivity contribution in [2.75, 3.05) is 0 Å². The van der Waals surface area contributed by atoms with E-state index in [1.54, 1.807) is 0 Å². The van der Waals surface area contributed by atoms with Gasteiger partial charge in [-0.15, -0.1) is 0 Å². The zero-order valence-corrected chi connectivity index (χ0v) is 8.58. The van der Waals surface area contributed by atoms with Crippen molar-refractivity contribution in [3.8, 4) is 0 Å². The van der Waals surface area contributed by atoms with E-state index in [9.17, 15) is 0 Å². The molecule has 3 radical (unpaired) electrons. The van der Waals surface area contributed by atoms with E-state index >= 15 is 0 Å². The molecule has 5 heteroatoms. The molecule has 0 atom stereocenters. The van der Waals surface area contributed by atoms with E-state index in [2.05, 4.69) is 0 Å². The van der Waals surface area contributed by atoms with Crippen LogP contribution in [0.25, 0.3) is 0 Å². The SMILES string of the molecule is CC(=O)O.CC(=O)O.[In]. The molecular formula is C4H8InO4. The molecule has 0 bridgehead atoms. The summed E-state index contributed by atoms with van der Waals surface area (Å²) >= 11 is 0. The molecule has 0 saturated heterocycles. The molecule has 0 amide bonds. The van der Waals surface area contributed by atoms with Gasteiger partial charge in [0, 0.05) is 39.7 Å².